The second-order valence-electron chi connectivity index (χ2n) is 2.84. The van der Waals surface area contributed by atoms with Crippen LogP contribution >= 0.6 is 0 Å². The van der Waals surface area contributed by atoms with Gasteiger partial charge in [0.2, 0.25) is 0 Å². The highest BCUT2D eigenvalue weighted by molar-refractivity contribution is 5.87. The van der Waals surface area contributed by atoms with Crippen molar-refractivity contribution in [3.8, 4) is 0 Å². The van der Waals surface area contributed by atoms with E-state index in [1.165, 1.54) is 0 Å². The second-order valence-corrected chi connectivity index (χ2v) is 2.84. The Bertz CT molecular complexity index is 244. The smallest absolute Gasteiger partial charge is 0.333 e. The standard InChI is InChI=1S/C10H16O5/c1-3-15-10(13)8(2)5-4-6-14-7-9(11)12/h5H,3-4,6-7H2,1-2H3,(H,11,12)/b8-5+. The molecule has 5 heteroatoms. The van der Waals surface area contributed by atoms with Crippen LogP contribution in [0.1, 0.15) is 20.3 Å². The summed E-state index contributed by atoms with van der Waals surface area (Å²) in [6.45, 7) is 3.70. The van der Waals surface area contributed by atoms with Crippen LogP contribution < -0.4 is 0 Å². The number of carbonyl (C=O) groups is 2. The minimum absolute atomic E-state index is 0.281. The molecule has 0 aliphatic heterocycles. The zero-order valence-electron chi connectivity index (χ0n) is 8.99. The molecule has 0 spiro atoms. The number of hydrogen-bond acceptors (Lipinski definition) is 4. The summed E-state index contributed by atoms with van der Waals surface area (Å²) in [6.07, 6.45) is 2.16. The van der Waals surface area contributed by atoms with Gasteiger partial charge in [0.25, 0.3) is 0 Å². The first-order valence-corrected chi connectivity index (χ1v) is 4.71. The molecule has 0 heterocycles. The molecule has 0 aliphatic rings. The third-order valence-corrected chi connectivity index (χ3v) is 1.54. The monoisotopic (exact) mass is 216 g/mol. The number of esters is 1. The fourth-order valence-electron chi connectivity index (χ4n) is 0.847. The Kier molecular flexibility index (Phi) is 7.27. The largest absolute Gasteiger partial charge is 0.480 e. The number of carboxylic acids is 1. The highest BCUT2D eigenvalue weighted by Crippen LogP contribution is 1.99. The number of hydrogen-bond donors (Lipinski definition) is 1. The van der Waals surface area contributed by atoms with Crippen LogP contribution in [-0.2, 0) is 19.1 Å². The van der Waals surface area contributed by atoms with Crippen LogP contribution in [0.4, 0.5) is 0 Å². The molecule has 0 aromatic heterocycles. The van der Waals surface area contributed by atoms with Crippen LogP contribution in [0.2, 0.25) is 0 Å². The molecule has 0 aromatic carbocycles. The van der Waals surface area contributed by atoms with Gasteiger partial charge >= 0.3 is 11.9 Å². The predicted molar refractivity (Wildman–Crippen MR) is 53.5 cm³/mol. The van der Waals surface area contributed by atoms with Crippen molar-refractivity contribution in [3.63, 3.8) is 0 Å². The third-order valence-electron chi connectivity index (χ3n) is 1.54. The molecular formula is C10H16O5. The number of rotatable bonds is 7. The fraction of sp³-hybridized carbons (Fsp3) is 0.600. The molecule has 5 nitrogen and oxygen atoms in total. The number of carbonyl (C=O) groups excluding carboxylic acids is 1. The van der Waals surface area contributed by atoms with Gasteiger partial charge in [-0.1, -0.05) is 6.08 Å². The van der Waals surface area contributed by atoms with Crippen LogP contribution in [-0.4, -0.2) is 36.9 Å². The zero-order valence-corrected chi connectivity index (χ0v) is 8.99. The van der Waals surface area contributed by atoms with E-state index in [0.29, 0.717) is 18.6 Å². The van der Waals surface area contributed by atoms with E-state index in [0.717, 1.165) is 0 Å². The summed E-state index contributed by atoms with van der Waals surface area (Å²) in [7, 11) is 0. The minimum Gasteiger partial charge on any atom is -0.480 e. The zero-order chi connectivity index (χ0) is 11.7. The summed E-state index contributed by atoms with van der Waals surface area (Å²) < 4.78 is 9.55. The molecule has 0 unspecified atom stereocenters. The summed E-state index contributed by atoms with van der Waals surface area (Å²) in [6, 6.07) is 0. The first kappa shape index (κ1) is 13.6. The van der Waals surface area contributed by atoms with E-state index in [9.17, 15) is 9.59 Å². The van der Waals surface area contributed by atoms with Gasteiger partial charge in [0.15, 0.2) is 0 Å². The van der Waals surface area contributed by atoms with Crippen molar-refractivity contribution in [1.29, 1.82) is 0 Å². The Morgan fingerprint density at radius 3 is 2.60 bits per heavy atom. The molecule has 0 aliphatic carbocycles. The predicted octanol–water partition coefficient (Wildman–Crippen LogP) is 0.987. The average molecular weight is 216 g/mol. The van der Waals surface area contributed by atoms with E-state index in [1.807, 2.05) is 0 Å². The molecule has 15 heavy (non-hydrogen) atoms. The van der Waals surface area contributed by atoms with E-state index >= 15 is 0 Å². The molecule has 0 amide bonds. The van der Waals surface area contributed by atoms with Crippen LogP contribution in [0.5, 0.6) is 0 Å². The molecule has 0 rings (SSSR count). The summed E-state index contributed by atoms with van der Waals surface area (Å²) >= 11 is 0. The van der Waals surface area contributed by atoms with Gasteiger partial charge in [0.1, 0.15) is 6.61 Å². The van der Waals surface area contributed by atoms with Gasteiger partial charge in [-0.15, -0.1) is 0 Å². The lowest BCUT2D eigenvalue weighted by Crippen LogP contribution is -2.08. The normalized spacial score (nSPS) is 11.2. The quantitative estimate of drug-likeness (QED) is 0.390. The first-order valence-electron chi connectivity index (χ1n) is 4.71. The van der Waals surface area contributed by atoms with Gasteiger partial charge in [-0.3, -0.25) is 0 Å². The molecular weight excluding hydrogens is 200 g/mol. The van der Waals surface area contributed by atoms with Crippen molar-refractivity contribution in [2.75, 3.05) is 19.8 Å². The van der Waals surface area contributed by atoms with Crippen molar-refractivity contribution in [3.05, 3.63) is 11.6 Å². The lowest BCUT2D eigenvalue weighted by molar-refractivity contribution is -0.142. The maximum absolute atomic E-state index is 11.1. The first-order chi connectivity index (χ1) is 7.07. The molecule has 0 fully saturated rings. The van der Waals surface area contributed by atoms with E-state index in [-0.39, 0.29) is 19.2 Å². The van der Waals surface area contributed by atoms with Crippen molar-refractivity contribution in [2.45, 2.75) is 20.3 Å². The highest BCUT2D eigenvalue weighted by atomic mass is 16.5. The van der Waals surface area contributed by atoms with Gasteiger partial charge in [0.05, 0.1) is 13.2 Å². The Hall–Kier alpha value is -1.36. The Balaban J connectivity index is 3.66. The van der Waals surface area contributed by atoms with Gasteiger partial charge in [-0.2, -0.15) is 0 Å². The fourth-order valence-corrected chi connectivity index (χ4v) is 0.847. The maximum atomic E-state index is 11.1. The van der Waals surface area contributed by atoms with Crippen LogP contribution in [0.3, 0.4) is 0 Å². The molecule has 0 atom stereocenters. The molecule has 0 aromatic rings. The summed E-state index contributed by atoms with van der Waals surface area (Å²) in [5.41, 5.74) is 0.510. The van der Waals surface area contributed by atoms with Crippen LogP contribution in [0.15, 0.2) is 11.6 Å². The lowest BCUT2D eigenvalue weighted by Gasteiger charge is -2.01. The van der Waals surface area contributed by atoms with E-state index in [4.69, 9.17) is 14.6 Å². The van der Waals surface area contributed by atoms with Crippen LogP contribution in [0.25, 0.3) is 0 Å². The topological polar surface area (TPSA) is 72.8 Å². The van der Waals surface area contributed by atoms with Gasteiger partial charge in [-0.05, 0) is 20.3 Å². The Morgan fingerprint density at radius 1 is 1.40 bits per heavy atom. The van der Waals surface area contributed by atoms with E-state index < -0.39 is 5.97 Å². The Labute approximate surface area is 88.7 Å². The third kappa shape index (κ3) is 7.69. The maximum Gasteiger partial charge on any atom is 0.333 e. The van der Waals surface area contributed by atoms with Crippen molar-refractivity contribution < 1.29 is 24.2 Å². The van der Waals surface area contributed by atoms with Crippen molar-refractivity contribution in [2.24, 2.45) is 0 Å². The molecule has 0 radical (unpaired) electrons. The van der Waals surface area contributed by atoms with E-state index in [1.54, 1.807) is 19.9 Å². The molecule has 0 saturated heterocycles. The van der Waals surface area contributed by atoms with Gasteiger partial charge < -0.3 is 14.6 Å². The molecule has 86 valence electrons. The highest BCUT2D eigenvalue weighted by Gasteiger charge is 2.03. The summed E-state index contributed by atoms with van der Waals surface area (Å²) in [5.74, 6) is -1.35. The number of ether oxygens (including phenoxy) is 2. The summed E-state index contributed by atoms with van der Waals surface area (Å²) in [4.78, 5) is 21.2. The van der Waals surface area contributed by atoms with Gasteiger partial charge in [0, 0.05) is 5.57 Å². The second kappa shape index (κ2) is 7.99. The van der Waals surface area contributed by atoms with Crippen LogP contribution in [0, 0.1) is 0 Å². The van der Waals surface area contributed by atoms with Crippen molar-refractivity contribution >= 4 is 11.9 Å². The lowest BCUT2D eigenvalue weighted by atomic mass is 10.2. The molecule has 0 saturated carbocycles. The molecule has 0 bridgehead atoms. The van der Waals surface area contributed by atoms with Gasteiger partial charge in [-0.25, -0.2) is 9.59 Å². The van der Waals surface area contributed by atoms with E-state index in [2.05, 4.69) is 0 Å². The Morgan fingerprint density at radius 2 is 2.07 bits per heavy atom. The van der Waals surface area contributed by atoms with Crippen molar-refractivity contribution in [1.82, 2.24) is 0 Å². The summed E-state index contributed by atoms with van der Waals surface area (Å²) in [5, 5.41) is 8.27. The minimum atomic E-state index is -0.999. The SMILES string of the molecule is CCOC(=O)/C(C)=C/CCOCC(=O)O. The average Bonchev–Trinajstić information content (AvgIpc) is 2.16. The number of carboxylic acid groups (broad SMARTS) is 1. The number of aliphatic carboxylic acids is 1. The molecule has 1 N–H and O–H groups in total.